The maximum absolute atomic E-state index is 12.6. The van der Waals surface area contributed by atoms with Crippen LogP contribution in [0.1, 0.15) is 18.9 Å². The Labute approximate surface area is 125 Å². The summed E-state index contributed by atoms with van der Waals surface area (Å²) in [5.74, 6) is 0. The van der Waals surface area contributed by atoms with E-state index in [4.69, 9.17) is 0 Å². The minimum absolute atomic E-state index is 0.465. The molecule has 2 heterocycles. The lowest BCUT2D eigenvalue weighted by Gasteiger charge is -2.33. The van der Waals surface area contributed by atoms with Crippen LogP contribution in [0.3, 0.4) is 0 Å². The molecule has 114 valence electrons. The second-order valence-corrected chi connectivity index (χ2v) is 8.13. The fourth-order valence-corrected chi connectivity index (χ4v) is 5.21. The predicted molar refractivity (Wildman–Crippen MR) is 82.6 cm³/mol. The molecule has 0 aliphatic carbocycles. The first-order valence-electron chi connectivity index (χ1n) is 7.02. The van der Waals surface area contributed by atoms with Gasteiger partial charge in [0.15, 0.2) is 0 Å². The van der Waals surface area contributed by atoms with Crippen molar-refractivity contribution in [3.05, 3.63) is 17.0 Å². The van der Waals surface area contributed by atoms with Gasteiger partial charge in [0.2, 0.25) is 0 Å². The van der Waals surface area contributed by atoms with Crippen molar-refractivity contribution in [3.8, 4) is 0 Å². The highest BCUT2D eigenvalue weighted by Crippen LogP contribution is 2.24. The van der Waals surface area contributed by atoms with Crippen LogP contribution in [0.5, 0.6) is 0 Å². The highest BCUT2D eigenvalue weighted by Gasteiger charge is 2.29. The van der Waals surface area contributed by atoms with E-state index in [1.54, 1.807) is 10.4 Å². The minimum Gasteiger partial charge on any atom is -0.316 e. The molecule has 7 heteroatoms. The fourth-order valence-electron chi connectivity index (χ4n) is 2.42. The van der Waals surface area contributed by atoms with Gasteiger partial charge in [0.05, 0.1) is 0 Å². The summed E-state index contributed by atoms with van der Waals surface area (Å²) in [7, 11) is -1.44. The van der Waals surface area contributed by atoms with E-state index in [0.29, 0.717) is 23.8 Å². The van der Waals surface area contributed by atoms with Gasteiger partial charge in [-0.2, -0.15) is 4.31 Å². The molecule has 1 aromatic heterocycles. The highest BCUT2D eigenvalue weighted by atomic mass is 32.2. The Hall–Kier alpha value is -0.470. The zero-order valence-corrected chi connectivity index (χ0v) is 13.8. The van der Waals surface area contributed by atoms with Gasteiger partial charge in [-0.25, -0.2) is 8.42 Å². The quantitative estimate of drug-likeness (QED) is 0.856. The van der Waals surface area contributed by atoms with Crippen LogP contribution in [0.25, 0.3) is 0 Å². The average Bonchev–Trinajstić information content (AvgIpc) is 2.90. The molecular formula is C13H23N3O2S2. The predicted octanol–water partition coefficient (Wildman–Crippen LogP) is 1.18. The van der Waals surface area contributed by atoms with Crippen molar-refractivity contribution in [1.82, 2.24) is 14.5 Å². The lowest BCUT2D eigenvalue weighted by molar-refractivity contribution is 0.189. The smallest absolute Gasteiger partial charge is 0.252 e. The van der Waals surface area contributed by atoms with E-state index in [0.717, 1.165) is 31.6 Å². The summed E-state index contributed by atoms with van der Waals surface area (Å²) in [5.41, 5.74) is 1.03. The number of hydrogen-bond acceptors (Lipinski definition) is 5. The third kappa shape index (κ3) is 3.59. The normalized spacial score (nSPS) is 18.5. The Kier molecular flexibility index (Phi) is 5.57. The Bertz CT molecular complexity index is 519. The Morgan fingerprint density at radius 2 is 2.00 bits per heavy atom. The van der Waals surface area contributed by atoms with Gasteiger partial charge in [0, 0.05) is 32.7 Å². The summed E-state index contributed by atoms with van der Waals surface area (Å²) >= 11 is 1.32. The molecule has 0 radical (unpaired) electrons. The minimum atomic E-state index is -3.30. The van der Waals surface area contributed by atoms with Crippen molar-refractivity contribution in [2.45, 2.75) is 24.1 Å². The van der Waals surface area contributed by atoms with E-state index in [2.05, 4.69) is 17.1 Å². The number of sulfonamides is 1. The van der Waals surface area contributed by atoms with E-state index in [-0.39, 0.29) is 0 Å². The van der Waals surface area contributed by atoms with Crippen LogP contribution in [-0.4, -0.2) is 57.4 Å². The number of nitrogens with one attached hydrogen (secondary N) is 1. The molecule has 1 aromatic rings. The molecule has 1 aliphatic rings. The largest absolute Gasteiger partial charge is 0.316 e. The molecule has 1 saturated heterocycles. The summed E-state index contributed by atoms with van der Waals surface area (Å²) in [4.78, 5) is 2.33. The highest BCUT2D eigenvalue weighted by molar-refractivity contribution is 7.91. The zero-order chi connectivity index (χ0) is 14.6. The van der Waals surface area contributed by atoms with Gasteiger partial charge in [-0.1, -0.05) is 6.92 Å². The van der Waals surface area contributed by atoms with Crippen molar-refractivity contribution in [3.63, 3.8) is 0 Å². The van der Waals surface area contributed by atoms with Gasteiger partial charge in [-0.15, -0.1) is 11.3 Å². The monoisotopic (exact) mass is 317 g/mol. The summed E-state index contributed by atoms with van der Waals surface area (Å²) in [6.45, 7) is 6.78. The second-order valence-electron chi connectivity index (χ2n) is 5.05. The Morgan fingerprint density at radius 3 is 2.60 bits per heavy atom. The third-order valence-corrected chi connectivity index (χ3v) is 6.84. The van der Waals surface area contributed by atoms with E-state index in [9.17, 15) is 8.42 Å². The van der Waals surface area contributed by atoms with Crippen molar-refractivity contribution < 1.29 is 8.42 Å². The van der Waals surface area contributed by atoms with Gasteiger partial charge >= 0.3 is 0 Å². The SMILES string of the molecule is CCCN1CCN(S(=O)(=O)c2cc(CNC)cs2)CC1. The average molecular weight is 317 g/mol. The van der Waals surface area contributed by atoms with Gasteiger partial charge < -0.3 is 10.2 Å². The van der Waals surface area contributed by atoms with Gasteiger partial charge in [0.25, 0.3) is 10.0 Å². The molecule has 2 rings (SSSR count). The van der Waals surface area contributed by atoms with Crippen LogP contribution in [0.4, 0.5) is 0 Å². The van der Waals surface area contributed by atoms with Crippen LogP contribution < -0.4 is 5.32 Å². The third-order valence-electron chi connectivity index (χ3n) is 3.48. The molecule has 1 aliphatic heterocycles. The van der Waals surface area contributed by atoms with Crippen LogP contribution >= 0.6 is 11.3 Å². The van der Waals surface area contributed by atoms with Crippen LogP contribution in [0.15, 0.2) is 15.7 Å². The first kappa shape index (κ1) is 15.9. The van der Waals surface area contributed by atoms with Crippen LogP contribution in [0, 0.1) is 0 Å². The van der Waals surface area contributed by atoms with Crippen LogP contribution in [0.2, 0.25) is 0 Å². The second kappa shape index (κ2) is 7.00. The van der Waals surface area contributed by atoms with Gasteiger partial charge in [-0.05, 0) is 37.0 Å². The lowest BCUT2D eigenvalue weighted by Crippen LogP contribution is -2.48. The summed E-state index contributed by atoms with van der Waals surface area (Å²) in [6.07, 6.45) is 1.12. The maximum atomic E-state index is 12.6. The summed E-state index contributed by atoms with van der Waals surface area (Å²) in [5, 5.41) is 4.95. The van der Waals surface area contributed by atoms with Crippen molar-refractivity contribution >= 4 is 21.4 Å². The number of thiophene rings is 1. The molecule has 1 fully saturated rings. The maximum Gasteiger partial charge on any atom is 0.252 e. The number of hydrogen-bond donors (Lipinski definition) is 1. The first-order chi connectivity index (χ1) is 9.57. The fraction of sp³-hybridized carbons (Fsp3) is 0.692. The van der Waals surface area contributed by atoms with Crippen molar-refractivity contribution in [2.24, 2.45) is 0 Å². The molecule has 5 nitrogen and oxygen atoms in total. The van der Waals surface area contributed by atoms with Crippen LogP contribution in [-0.2, 0) is 16.6 Å². The van der Waals surface area contributed by atoms with E-state index in [1.165, 1.54) is 11.3 Å². The number of rotatable bonds is 6. The van der Waals surface area contributed by atoms with Gasteiger partial charge in [0.1, 0.15) is 4.21 Å². The zero-order valence-electron chi connectivity index (χ0n) is 12.1. The summed E-state index contributed by atoms with van der Waals surface area (Å²) in [6, 6.07) is 1.79. The molecule has 0 saturated carbocycles. The number of piperazine rings is 1. The molecule has 0 spiro atoms. The Morgan fingerprint density at radius 1 is 1.30 bits per heavy atom. The molecule has 0 amide bonds. The lowest BCUT2D eigenvalue weighted by atomic mass is 10.3. The molecular weight excluding hydrogens is 294 g/mol. The topological polar surface area (TPSA) is 52.7 Å². The van der Waals surface area contributed by atoms with E-state index < -0.39 is 10.0 Å². The molecule has 0 atom stereocenters. The molecule has 1 N–H and O–H groups in total. The Balaban J connectivity index is 2.03. The summed E-state index contributed by atoms with van der Waals surface area (Å²) < 4.78 is 27.2. The number of nitrogens with zero attached hydrogens (tertiary/aromatic N) is 2. The molecule has 0 unspecified atom stereocenters. The molecule has 20 heavy (non-hydrogen) atoms. The van der Waals surface area contributed by atoms with Gasteiger partial charge in [-0.3, -0.25) is 0 Å². The first-order valence-corrected chi connectivity index (χ1v) is 9.34. The standard InChI is InChI=1S/C13H23N3O2S2/c1-3-4-15-5-7-16(8-6-15)20(17,18)13-9-12(10-14-2)11-19-13/h9,11,14H,3-8,10H2,1-2H3. The van der Waals surface area contributed by atoms with E-state index in [1.807, 2.05) is 12.4 Å². The molecule has 0 aromatic carbocycles. The van der Waals surface area contributed by atoms with E-state index >= 15 is 0 Å². The molecule has 0 bridgehead atoms. The van der Waals surface area contributed by atoms with Crippen molar-refractivity contribution in [1.29, 1.82) is 0 Å². The van der Waals surface area contributed by atoms with Crippen molar-refractivity contribution in [2.75, 3.05) is 39.8 Å².